The minimum Gasteiger partial charge on any atom is -0.379 e. The van der Waals surface area contributed by atoms with Gasteiger partial charge in [0.15, 0.2) is 0 Å². The largest absolute Gasteiger partial charge is 0.379 e. The van der Waals surface area contributed by atoms with Crippen molar-refractivity contribution in [3.8, 4) is 0 Å². The van der Waals surface area contributed by atoms with Crippen molar-refractivity contribution in [1.82, 2.24) is 10.5 Å². The average molecular weight is 301 g/mol. The van der Waals surface area contributed by atoms with Gasteiger partial charge >= 0.3 is 0 Å². The van der Waals surface area contributed by atoms with E-state index in [1.807, 2.05) is 25.1 Å². The highest BCUT2D eigenvalue weighted by Gasteiger charge is 2.20. The van der Waals surface area contributed by atoms with E-state index in [-0.39, 0.29) is 5.91 Å². The highest BCUT2D eigenvalue weighted by Crippen LogP contribution is 2.22. The topological polar surface area (TPSA) is 76.4 Å². The number of benzene rings is 1. The van der Waals surface area contributed by atoms with Crippen LogP contribution in [0.2, 0.25) is 0 Å². The van der Waals surface area contributed by atoms with Gasteiger partial charge in [0.25, 0.3) is 5.91 Å². The van der Waals surface area contributed by atoms with Crippen molar-refractivity contribution in [3.63, 3.8) is 0 Å². The molecule has 0 saturated carbocycles. The number of rotatable bonds is 5. The van der Waals surface area contributed by atoms with Crippen molar-refractivity contribution >= 4 is 11.6 Å². The molecular weight excluding hydrogens is 282 g/mol. The number of nitrogens with one attached hydrogen (secondary N) is 2. The van der Waals surface area contributed by atoms with Gasteiger partial charge in [0.05, 0.1) is 25.3 Å². The first-order valence-corrected chi connectivity index (χ1v) is 7.44. The van der Waals surface area contributed by atoms with Crippen LogP contribution in [0, 0.1) is 0 Å². The van der Waals surface area contributed by atoms with Crippen molar-refractivity contribution in [3.05, 3.63) is 46.8 Å². The molecule has 0 radical (unpaired) electrons. The van der Waals surface area contributed by atoms with E-state index in [2.05, 4.69) is 15.8 Å². The van der Waals surface area contributed by atoms with Gasteiger partial charge in [-0.3, -0.25) is 4.79 Å². The van der Waals surface area contributed by atoms with E-state index in [1.165, 1.54) is 0 Å². The molecule has 0 fully saturated rings. The van der Waals surface area contributed by atoms with E-state index in [9.17, 15) is 4.79 Å². The molecule has 2 heterocycles. The second kappa shape index (κ2) is 6.62. The van der Waals surface area contributed by atoms with Gasteiger partial charge in [-0.05, 0) is 19.1 Å². The zero-order chi connectivity index (χ0) is 15.4. The summed E-state index contributed by atoms with van der Waals surface area (Å²) >= 11 is 0. The smallest absolute Gasteiger partial charge is 0.253 e. The first-order valence-electron chi connectivity index (χ1n) is 7.44. The van der Waals surface area contributed by atoms with Crippen LogP contribution in [0.4, 0.5) is 5.69 Å². The van der Waals surface area contributed by atoms with E-state index >= 15 is 0 Å². The SMILES string of the molecule is CCNC(=O)c1ccccc1NCc1noc2c1COCC2. The molecule has 0 bridgehead atoms. The van der Waals surface area contributed by atoms with Crippen LogP contribution in [-0.2, 0) is 24.3 Å². The van der Waals surface area contributed by atoms with Gasteiger partial charge in [0, 0.05) is 24.2 Å². The van der Waals surface area contributed by atoms with Gasteiger partial charge in [-0.1, -0.05) is 17.3 Å². The maximum absolute atomic E-state index is 12.1. The Morgan fingerprint density at radius 2 is 2.23 bits per heavy atom. The maximum Gasteiger partial charge on any atom is 0.253 e. The van der Waals surface area contributed by atoms with Gasteiger partial charge in [0.1, 0.15) is 11.5 Å². The third kappa shape index (κ3) is 2.96. The molecule has 3 rings (SSSR count). The molecule has 0 aliphatic carbocycles. The van der Waals surface area contributed by atoms with Gasteiger partial charge in [-0.2, -0.15) is 0 Å². The number of carbonyl (C=O) groups is 1. The van der Waals surface area contributed by atoms with Gasteiger partial charge in [-0.25, -0.2) is 0 Å². The molecular formula is C16H19N3O3. The molecule has 22 heavy (non-hydrogen) atoms. The van der Waals surface area contributed by atoms with Crippen LogP contribution >= 0.6 is 0 Å². The van der Waals surface area contributed by atoms with Crippen molar-refractivity contribution in [2.24, 2.45) is 0 Å². The first-order chi connectivity index (χ1) is 10.8. The Kier molecular flexibility index (Phi) is 4.39. The fraction of sp³-hybridized carbons (Fsp3) is 0.375. The zero-order valence-electron chi connectivity index (χ0n) is 12.5. The highest BCUT2D eigenvalue weighted by atomic mass is 16.5. The summed E-state index contributed by atoms with van der Waals surface area (Å²) in [6.07, 6.45) is 0.762. The van der Waals surface area contributed by atoms with Gasteiger partial charge < -0.3 is 19.9 Å². The molecule has 0 saturated heterocycles. The summed E-state index contributed by atoms with van der Waals surface area (Å²) in [5, 5.41) is 10.2. The third-order valence-electron chi connectivity index (χ3n) is 3.63. The molecule has 6 nitrogen and oxygen atoms in total. The van der Waals surface area contributed by atoms with E-state index in [0.717, 1.165) is 29.1 Å². The molecule has 1 aromatic carbocycles. The monoisotopic (exact) mass is 301 g/mol. The molecule has 1 amide bonds. The molecule has 1 aliphatic rings. The van der Waals surface area contributed by atoms with Crippen molar-refractivity contribution < 1.29 is 14.1 Å². The van der Waals surface area contributed by atoms with Crippen molar-refractivity contribution in [2.75, 3.05) is 18.5 Å². The number of fused-ring (bicyclic) bond motifs is 1. The second-order valence-corrected chi connectivity index (χ2v) is 5.09. The maximum atomic E-state index is 12.1. The molecule has 2 aromatic rings. The van der Waals surface area contributed by atoms with Crippen LogP contribution in [0.25, 0.3) is 0 Å². The zero-order valence-corrected chi connectivity index (χ0v) is 12.5. The highest BCUT2D eigenvalue weighted by molar-refractivity contribution is 5.99. The summed E-state index contributed by atoms with van der Waals surface area (Å²) in [5.74, 6) is 0.816. The predicted molar refractivity (Wildman–Crippen MR) is 81.6 cm³/mol. The molecule has 0 unspecified atom stereocenters. The third-order valence-corrected chi connectivity index (χ3v) is 3.63. The lowest BCUT2D eigenvalue weighted by atomic mass is 10.1. The standard InChI is InChI=1S/C16H19N3O3/c1-2-17-16(20)11-5-3-4-6-13(11)18-9-14-12-10-21-8-7-15(12)22-19-14/h3-6,18H,2,7-10H2,1H3,(H,17,20). The Balaban J connectivity index is 1.74. The van der Waals surface area contributed by atoms with Crippen LogP contribution in [0.5, 0.6) is 0 Å². The van der Waals surface area contributed by atoms with Crippen LogP contribution in [-0.4, -0.2) is 24.2 Å². The molecule has 0 atom stereocenters. The summed E-state index contributed by atoms with van der Waals surface area (Å²) in [5.41, 5.74) is 3.26. The Hall–Kier alpha value is -2.34. The fourth-order valence-corrected chi connectivity index (χ4v) is 2.49. The number of anilines is 1. The molecule has 0 spiro atoms. The van der Waals surface area contributed by atoms with Crippen LogP contribution in [0.1, 0.15) is 34.3 Å². The van der Waals surface area contributed by atoms with Crippen LogP contribution in [0.15, 0.2) is 28.8 Å². The molecule has 1 aliphatic heterocycles. The normalized spacial score (nSPS) is 13.5. The van der Waals surface area contributed by atoms with E-state index in [1.54, 1.807) is 6.07 Å². The minimum atomic E-state index is -0.0869. The lowest BCUT2D eigenvalue weighted by molar-refractivity contribution is 0.0956. The summed E-state index contributed by atoms with van der Waals surface area (Å²) in [7, 11) is 0. The van der Waals surface area contributed by atoms with Crippen molar-refractivity contribution in [1.29, 1.82) is 0 Å². The fourth-order valence-electron chi connectivity index (χ4n) is 2.49. The Morgan fingerprint density at radius 1 is 1.36 bits per heavy atom. The molecule has 116 valence electrons. The number of para-hydroxylation sites is 1. The first kappa shape index (κ1) is 14.6. The summed E-state index contributed by atoms with van der Waals surface area (Å²) < 4.78 is 10.8. The Labute approximate surface area is 128 Å². The number of carbonyl (C=O) groups excluding carboxylic acids is 1. The lowest BCUT2D eigenvalue weighted by Gasteiger charge is -2.13. The molecule has 2 N–H and O–H groups in total. The lowest BCUT2D eigenvalue weighted by Crippen LogP contribution is -2.23. The minimum absolute atomic E-state index is 0.0869. The average Bonchev–Trinajstić information content (AvgIpc) is 2.97. The number of nitrogens with zero attached hydrogens (tertiary/aromatic N) is 1. The molecule has 6 heteroatoms. The Morgan fingerprint density at radius 3 is 3.09 bits per heavy atom. The van der Waals surface area contributed by atoms with Crippen molar-refractivity contribution in [2.45, 2.75) is 26.5 Å². The number of aromatic nitrogens is 1. The number of hydrogen-bond acceptors (Lipinski definition) is 5. The van der Waals surface area contributed by atoms with E-state index in [4.69, 9.17) is 9.26 Å². The summed E-state index contributed by atoms with van der Waals surface area (Å²) in [4.78, 5) is 12.1. The molecule has 1 aromatic heterocycles. The van der Waals surface area contributed by atoms with Crippen LogP contribution in [0.3, 0.4) is 0 Å². The van der Waals surface area contributed by atoms with E-state index in [0.29, 0.717) is 31.9 Å². The van der Waals surface area contributed by atoms with Gasteiger partial charge in [-0.15, -0.1) is 0 Å². The number of ether oxygens (including phenoxy) is 1. The van der Waals surface area contributed by atoms with Gasteiger partial charge in [0.2, 0.25) is 0 Å². The summed E-state index contributed by atoms with van der Waals surface area (Å²) in [6, 6.07) is 7.43. The quantitative estimate of drug-likeness (QED) is 0.884. The van der Waals surface area contributed by atoms with E-state index < -0.39 is 0 Å². The number of amides is 1. The summed E-state index contributed by atoms with van der Waals surface area (Å²) in [6.45, 7) is 4.21. The predicted octanol–water partition coefficient (Wildman–Crippen LogP) is 2.11. The second-order valence-electron chi connectivity index (χ2n) is 5.09. The Bertz CT molecular complexity index is 666. The van der Waals surface area contributed by atoms with Crippen LogP contribution < -0.4 is 10.6 Å². The number of hydrogen-bond donors (Lipinski definition) is 2.